The molecule has 1 rings (SSSR count). The number of rotatable bonds is 6. The van der Waals surface area contributed by atoms with Crippen LogP contribution in [-0.2, 0) is 6.42 Å². The molecule has 2 heteroatoms. The second-order valence-electron chi connectivity index (χ2n) is 4.32. The lowest BCUT2D eigenvalue weighted by Crippen LogP contribution is -2.27. The minimum atomic E-state index is -0.160. The topological polar surface area (TPSA) is 12.0 Å². The summed E-state index contributed by atoms with van der Waals surface area (Å²) in [6.07, 6.45) is 2.92. The molecule has 1 N–H and O–H groups in total. The van der Waals surface area contributed by atoms with E-state index in [9.17, 15) is 4.39 Å². The van der Waals surface area contributed by atoms with Crippen LogP contribution < -0.4 is 5.32 Å². The van der Waals surface area contributed by atoms with Crippen LogP contribution >= 0.6 is 0 Å². The summed E-state index contributed by atoms with van der Waals surface area (Å²) < 4.78 is 13.0. The van der Waals surface area contributed by atoms with Crippen LogP contribution in [0.2, 0.25) is 0 Å². The highest BCUT2D eigenvalue weighted by Crippen LogP contribution is 2.11. The molecule has 1 unspecified atom stereocenters. The second-order valence-corrected chi connectivity index (χ2v) is 4.32. The van der Waals surface area contributed by atoms with Gasteiger partial charge in [-0.1, -0.05) is 17.7 Å². The Hall–Kier alpha value is -1.15. The van der Waals surface area contributed by atoms with Gasteiger partial charge in [0, 0.05) is 6.04 Å². The van der Waals surface area contributed by atoms with Crippen LogP contribution in [0.1, 0.15) is 25.3 Å². The summed E-state index contributed by atoms with van der Waals surface area (Å²) in [5.74, 6) is -0.160. The molecule has 16 heavy (non-hydrogen) atoms. The van der Waals surface area contributed by atoms with Gasteiger partial charge in [-0.15, -0.1) is 6.58 Å². The highest BCUT2D eigenvalue weighted by molar-refractivity contribution is 5.17. The van der Waals surface area contributed by atoms with Gasteiger partial charge in [-0.05, 0) is 50.9 Å². The van der Waals surface area contributed by atoms with Crippen LogP contribution in [0.15, 0.2) is 36.4 Å². The highest BCUT2D eigenvalue weighted by Gasteiger charge is 2.07. The fourth-order valence-electron chi connectivity index (χ4n) is 1.72. The monoisotopic (exact) mass is 221 g/mol. The van der Waals surface area contributed by atoms with Crippen molar-refractivity contribution in [1.29, 1.82) is 0 Å². The van der Waals surface area contributed by atoms with Gasteiger partial charge >= 0.3 is 0 Å². The molecule has 0 fully saturated rings. The third-order valence-electron chi connectivity index (χ3n) is 2.70. The molecule has 0 heterocycles. The third-order valence-corrected chi connectivity index (χ3v) is 2.70. The van der Waals surface area contributed by atoms with Crippen molar-refractivity contribution < 1.29 is 4.39 Å². The van der Waals surface area contributed by atoms with Gasteiger partial charge in [0.25, 0.3) is 0 Å². The maximum absolute atomic E-state index is 13.0. The minimum absolute atomic E-state index is 0.160. The SMILES string of the molecule is C=C(C)CCC(Cc1cccc(F)c1)NC. The Kier molecular flexibility index (Phi) is 5.20. The number of hydrogen-bond donors (Lipinski definition) is 1. The van der Waals surface area contributed by atoms with Crippen molar-refractivity contribution in [3.63, 3.8) is 0 Å². The fraction of sp³-hybridized carbons (Fsp3) is 0.429. The maximum Gasteiger partial charge on any atom is 0.123 e. The number of halogens is 1. The molecule has 0 bridgehead atoms. The van der Waals surface area contributed by atoms with Gasteiger partial charge in [0.05, 0.1) is 0 Å². The first-order valence-corrected chi connectivity index (χ1v) is 5.68. The van der Waals surface area contributed by atoms with E-state index in [4.69, 9.17) is 0 Å². The van der Waals surface area contributed by atoms with Gasteiger partial charge in [-0.25, -0.2) is 4.39 Å². The molecule has 0 saturated carbocycles. The van der Waals surface area contributed by atoms with E-state index < -0.39 is 0 Å². The third kappa shape index (κ3) is 4.58. The average Bonchev–Trinajstić information content (AvgIpc) is 2.24. The molecular formula is C14H20FN. The molecule has 0 aromatic heterocycles. The summed E-state index contributed by atoms with van der Waals surface area (Å²) in [7, 11) is 1.95. The van der Waals surface area contributed by atoms with Crippen LogP contribution in [0.4, 0.5) is 4.39 Å². The van der Waals surface area contributed by atoms with Crippen molar-refractivity contribution in [3.8, 4) is 0 Å². The van der Waals surface area contributed by atoms with E-state index in [1.54, 1.807) is 12.1 Å². The molecule has 88 valence electrons. The molecule has 0 radical (unpaired) electrons. The van der Waals surface area contributed by atoms with Gasteiger partial charge in [0.15, 0.2) is 0 Å². The van der Waals surface area contributed by atoms with Crippen molar-refractivity contribution in [3.05, 3.63) is 47.8 Å². The normalized spacial score (nSPS) is 12.4. The van der Waals surface area contributed by atoms with Crippen molar-refractivity contribution in [2.45, 2.75) is 32.2 Å². The van der Waals surface area contributed by atoms with Crippen LogP contribution in [0.25, 0.3) is 0 Å². The van der Waals surface area contributed by atoms with E-state index >= 15 is 0 Å². The Morgan fingerprint density at radius 3 is 2.81 bits per heavy atom. The fourth-order valence-corrected chi connectivity index (χ4v) is 1.72. The Morgan fingerprint density at radius 1 is 1.50 bits per heavy atom. The summed E-state index contributed by atoms with van der Waals surface area (Å²) >= 11 is 0. The van der Waals surface area contributed by atoms with E-state index in [-0.39, 0.29) is 5.82 Å². The molecule has 1 aromatic rings. The van der Waals surface area contributed by atoms with Gasteiger partial charge in [0.1, 0.15) is 5.82 Å². The van der Waals surface area contributed by atoms with Crippen molar-refractivity contribution in [2.24, 2.45) is 0 Å². The van der Waals surface area contributed by atoms with Crippen LogP contribution in [-0.4, -0.2) is 13.1 Å². The van der Waals surface area contributed by atoms with Crippen molar-refractivity contribution in [2.75, 3.05) is 7.05 Å². The number of nitrogens with one attached hydrogen (secondary N) is 1. The first kappa shape index (κ1) is 12.9. The lowest BCUT2D eigenvalue weighted by molar-refractivity contribution is 0.517. The van der Waals surface area contributed by atoms with E-state index in [0.29, 0.717) is 6.04 Å². The van der Waals surface area contributed by atoms with E-state index in [0.717, 1.165) is 24.8 Å². The highest BCUT2D eigenvalue weighted by atomic mass is 19.1. The maximum atomic E-state index is 13.0. The number of hydrogen-bond acceptors (Lipinski definition) is 1. The van der Waals surface area contributed by atoms with Gasteiger partial charge in [0.2, 0.25) is 0 Å². The van der Waals surface area contributed by atoms with Crippen molar-refractivity contribution >= 4 is 0 Å². The summed E-state index contributed by atoms with van der Waals surface area (Å²) in [4.78, 5) is 0. The standard InChI is InChI=1S/C14H20FN/c1-11(2)7-8-14(16-3)10-12-5-4-6-13(15)9-12/h4-6,9,14,16H,1,7-8,10H2,2-3H3. The zero-order valence-corrected chi connectivity index (χ0v) is 10.1. The number of allylic oxidation sites excluding steroid dienone is 1. The van der Waals surface area contributed by atoms with Crippen LogP contribution in [0.3, 0.4) is 0 Å². The van der Waals surface area contributed by atoms with Crippen LogP contribution in [0.5, 0.6) is 0 Å². The lowest BCUT2D eigenvalue weighted by atomic mass is 10.00. The Bertz CT molecular complexity index is 346. The average molecular weight is 221 g/mol. The predicted octanol–water partition coefficient (Wildman–Crippen LogP) is 3.31. The quantitative estimate of drug-likeness (QED) is 0.727. The summed E-state index contributed by atoms with van der Waals surface area (Å²) in [6.45, 7) is 5.93. The largest absolute Gasteiger partial charge is 0.317 e. The first-order chi connectivity index (χ1) is 7.61. The van der Waals surface area contributed by atoms with E-state index in [2.05, 4.69) is 11.9 Å². The van der Waals surface area contributed by atoms with E-state index in [1.807, 2.05) is 20.0 Å². The molecule has 0 saturated heterocycles. The Labute approximate surface area is 97.4 Å². The lowest BCUT2D eigenvalue weighted by Gasteiger charge is -2.16. The molecule has 1 aromatic carbocycles. The summed E-state index contributed by atoms with van der Waals surface area (Å²) in [5.41, 5.74) is 2.24. The molecule has 1 atom stereocenters. The first-order valence-electron chi connectivity index (χ1n) is 5.68. The second kappa shape index (κ2) is 6.44. The number of benzene rings is 1. The minimum Gasteiger partial charge on any atom is -0.317 e. The molecular weight excluding hydrogens is 201 g/mol. The molecule has 0 aliphatic carbocycles. The van der Waals surface area contributed by atoms with Gasteiger partial charge in [-0.2, -0.15) is 0 Å². The molecule has 1 nitrogen and oxygen atoms in total. The zero-order valence-electron chi connectivity index (χ0n) is 10.1. The molecule has 0 amide bonds. The van der Waals surface area contributed by atoms with Gasteiger partial charge in [-0.3, -0.25) is 0 Å². The predicted molar refractivity (Wildman–Crippen MR) is 67.0 cm³/mol. The number of likely N-dealkylation sites (N-methyl/N-ethyl adjacent to an activating group) is 1. The van der Waals surface area contributed by atoms with Crippen molar-refractivity contribution in [1.82, 2.24) is 5.32 Å². The summed E-state index contributed by atoms with van der Waals surface area (Å²) in [6, 6.07) is 7.19. The van der Waals surface area contributed by atoms with E-state index in [1.165, 1.54) is 11.6 Å². The molecule has 0 aliphatic heterocycles. The molecule has 0 spiro atoms. The molecule has 0 aliphatic rings. The Morgan fingerprint density at radius 2 is 2.25 bits per heavy atom. The summed E-state index contributed by atoms with van der Waals surface area (Å²) in [5, 5.41) is 3.26. The Balaban J connectivity index is 2.52. The smallest absolute Gasteiger partial charge is 0.123 e. The zero-order chi connectivity index (χ0) is 12.0. The van der Waals surface area contributed by atoms with Crippen LogP contribution in [0, 0.1) is 5.82 Å². The van der Waals surface area contributed by atoms with Gasteiger partial charge < -0.3 is 5.32 Å².